The molecular weight excluding hydrogens is 428 g/mol. The van der Waals surface area contributed by atoms with Crippen molar-refractivity contribution in [1.29, 1.82) is 0 Å². The number of nitrogens with one attached hydrogen (secondary N) is 1. The monoisotopic (exact) mass is 460 g/mol. The van der Waals surface area contributed by atoms with Gasteiger partial charge in [0.25, 0.3) is 0 Å². The Kier molecular flexibility index (Phi) is 8.04. The van der Waals surface area contributed by atoms with Crippen LogP contribution < -0.4 is 27.2 Å². The summed E-state index contributed by atoms with van der Waals surface area (Å²) in [5, 5.41) is 13.5. The van der Waals surface area contributed by atoms with Crippen LogP contribution in [0.2, 0.25) is 0 Å². The first-order chi connectivity index (χ1) is 15.0. The summed E-state index contributed by atoms with van der Waals surface area (Å²) in [6, 6.07) is 14.1. The quantitative estimate of drug-likeness (QED) is 0.585. The number of hydrogen-bond donors (Lipinski definition) is 2. The van der Waals surface area contributed by atoms with Crippen molar-refractivity contribution in [3.8, 4) is 11.5 Å². The molecule has 6 nitrogen and oxygen atoms in total. The molecule has 1 amide bonds. The highest BCUT2D eigenvalue weighted by Crippen LogP contribution is 2.35. The number of likely N-dealkylation sites (tertiary alicyclic amines) is 1. The van der Waals surface area contributed by atoms with Gasteiger partial charge >= 0.3 is 0 Å². The summed E-state index contributed by atoms with van der Waals surface area (Å²) in [7, 11) is 3.95. The molecule has 2 aromatic rings. The molecule has 2 aliphatic heterocycles. The minimum absolute atomic E-state index is 0. The number of quaternary nitrogens is 1. The minimum Gasteiger partial charge on any atom is -1.00 e. The third-order valence-corrected chi connectivity index (χ3v) is 6.68. The molecular formula is C25H33ClN2O4. The van der Waals surface area contributed by atoms with Crippen LogP contribution in [0.15, 0.2) is 42.5 Å². The van der Waals surface area contributed by atoms with Crippen molar-refractivity contribution in [2.24, 2.45) is 0 Å². The smallest absolute Gasteiger partial charge is 0.224 e. The van der Waals surface area contributed by atoms with Crippen LogP contribution in [0.4, 0.5) is 5.69 Å². The fraction of sp³-hybridized carbons (Fsp3) is 0.480. The number of aryl methyl sites for hydroxylation is 1. The van der Waals surface area contributed by atoms with Crippen LogP contribution >= 0.6 is 0 Å². The predicted octanol–water partition coefficient (Wildman–Crippen LogP) is 0.348. The lowest BCUT2D eigenvalue weighted by Crippen LogP contribution is -3.00. The van der Waals surface area contributed by atoms with Gasteiger partial charge in [-0.3, -0.25) is 4.79 Å². The second-order valence-corrected chi connectivity index (χ2v) is 9.10. The molecule has 0 radical (unpaired) electrons. The first kappa shape index (κ1) is 24.4. The van der Waals surface area contributed by atoms with Crippen molar-refractivity contribution < 1.29 is 36.3 Å². The Morgan fingerprint density at radius 2 is 1.91 bits per heavy atom. The molecule has 0 aromatic heterocycles. The van der Waals surface area contributed by atoms with Crippen molar-refractivity contribution in [2.75, 3.05) is 45.7 Å². The van der Waals surface area contributed by atoms with Gasteiger partial charge in [0.15, 0.2) is 0 Å². The number of carbonyl (C=O) groups is 1. The molecule has 7 heteroatoms. The SMILES string of the molecule is COc1ccccc1C1CC[N+](C)(CC(O)COc2ccc3c(c2)NC(=O)CC3)CC1.[Cl-]. The summed E-state index contributed by atoms with van der Waals surface area (Å²) in [4.78, 5) is 11.6. The number of ether oxygens (including phenoxy) is 2. The highest BCUT2D eigenvalue weighted by Gasteiger charge is 2.33. The maximum absolute atomic E-state index is 11.6. The lowest BCUT2D eigenvalue weighted by molar-refractivity contribution is -0.917. The molecule has 1 fully saturated rings. The number of methoxy groups -OCH3 is 1. The van der Waals surface area contributed by atoms with Crippen molar-refractivity contribution in [3.63, 3.8) is 0 Å². The Balaban J connectivity index is 0.00000289. The molecule has 0 saturated carbocycles. The summed E-state index contributed by atoms with van der Waals surface area (Å²) in [6.45, 7) is 2.95. The van der Waals surface area contributed by atoms with E-state index in [1.165, 1.54) is 5.56 Å². The van der Waals surface area contributed by atoms with Gasteiger partial charge in [-0.25, -0.2) is 0 Å². The highest BCUT2D eigenvalue weighted by molar-refractivity contribution is 5.94. The van der Waals surface area contributed by atoms with Crippen LogP contribution in [0.1, 0.15) is 36.3 Å². The topological polar surface area (TPSA) is 67.8 Å². The van der Waals surface area contributed by atoms with E-state index in [1.807, 2.05) is 30.3 Å². The van der Waals surface area contributed by atoms with E-state index in [4.69, 9.17) is 9.47 Å². The standard InChI is InChI=1S/C25H32N2O4.ClH/c1-27(13-11-18(12-14-27)22-5-3-4-6-24(22)30-2)16-20(28)17-31-21-9-7-19-8-10-25(29)26-23(19)15-21;/h3-7,9,15,18,20,28H,8,10-14,16-17H2,1-2H3;1H. The third kappa shape index (κ3) is 5.74. The molecule has 2 aliphatic rings. The van der Waals surface area contributed by atoms with Crippen LogP contribution in [-0.2, 0) is 11.2 Å². The van der Waals surface area contributed by atoms with Gasteiger partial charge in [0.05, 0.1) is 27.2 Å². The lowest BCUT2D eigenvalue weighted by Gasteiger charge is -2.42. The Bertz CT molecular complexity index is 928. The van der Waals surface area contributed by atoms with Crippen LogP contribution in [0, 0.1) is 0 Å². The van der Waals surface area contributed by atoms with E-state index in [1.54, 1.807) is 7.11 Å². The average molecular weight is 461 g/mol. The van der Waals surface area contributed by atoms with Gasteiger partial charge in [-0.2, -0.15) is 0 Å². The fourth-order valence-corrected chi connectivity index (χ4v) is 4.88. The number of aliphatic hydroxyl groups excluding tert-OH is 1. The summed E-state index contributed by atoms with van der Waals surface area (Å²) >= 11 is 0. The third-order valence-electron chi connectivity index (χ3n) is 6.68. The maximum Gasteiger partial charge on any atom is 0.224 e. The highest BCUT2D eigenvalue weighted by atomic mass is 35.5. The fourth-order valence-electron chi connectivity index (χ4n) is 4.88. The minimum atomic E-state index is -0.543. The van der Waals surface area contributed by atoms with Crippen molar-refractivity contribution in [3.05, 3.63) is 53.6 Å². The van der Waals surface area contributed by atoms with E-state index in [0.29, 0.717) is 24.6 Å². The lowest BCUT2D eigenvalue weighted by atomic mass is 9.87. The van der Waals surface area contributed by atoms with Crippen molar-refractivity contribution in [2.45, 2.75) is 37.7 Å². The van der Waals surface area contributed by atoms with Crippen LogP contribution in [0.5, 0.6) is 11.5 Å². The normalized spacial score (nSPS) is 23.3. The van der Waals surface area contributed by atoms with Gasteiger partial charge in [-0.1, -0.05) is 24.3 Å². The molecule has 4 rings (SSSR count). The predicted molar refractivity (Wildman–Crippen MR) is 121 cm³/mol. The number of rotatable bonds is 7. The molecule has 0 bridgehead atoms. The van der Waals surface area contributed by atoms with Gasteiger partial charge in [-0.15, -0.1) is 0 Å². The number of hydrogen-bond acceptors (Lipinski definition) is 4. The molecule has 2 aromatic carbocycles. The van der Waals surface area contributed by atoms with Gasteiger partial charge in [-0.05, 0) is 35.6 Å². The zero-order chi connectivity index (χ0) is 21.8. The number of carbonyl (C=O) groups excluding carboxylic acids is 1. The van der Waals surface area contributed by atoms with Crippen molar-refractivity contribution >= 4 is 11.6 Å². The van der Waals surface area contributed by atoms with Gasteiger partial charge in [0.2, 0.25) is 5.91 Å². The summed E-state index contributed by atoms with van der Waals surface area (Å²) in [5.41, 5.74) is 3.24. The number of anilines is 1. The molecule has 32 heavy (non-hydrogen) atoms. The van der Waals surface area contributed by atoms with E-state index in [-0.39, 0.29) is 24.9 Å². The van der Waals surface area contributed by atoms with Crippen LogP contribution in [-0.4, -0.2) is 62.0 Å². The number of likely N-dealkylation sites (N-methyl/N-ethyl adjacent to an activating group) is 1. The van der Waals surface area contributed by atoms with Crippen LogP contribution in [0.3, 0.4) is 0 Å². The van der Waals surface area contributed by atoms with E-state index in [0.717, 1.165) is 53.8 Å². The van der Waals surface area contributed by atoms with Gasteiger partial charge in [0.1, 0.15) is 30.8 Å². The number of para-hydroxylation sites is 1. The molecule has 1 atom stereocenters. The first-order valence-electron chi connectivity index (χ1n) is 11.2. The van der Waals surface area contributed by atoms with Crippen LogP contribution in [0.25, 0.3) is 0 Å². The Hall–Kier alpha value is -2.28. The largest absolute Gasteiger partial charge is 1.00 e. The molecule has 0 spiro atoms. The summed E-state index contributed by atoms with van der Waals surface area (Å²) < 4.78 is 12.2. The van der Waals surface area contributed by atoms with E-state index < -0.39 is 6.10 Å². The Morgan fingerprint density at radius 3 is 2.66 bits per heavy atom. The second kappa shape index (κ2) is 10.6. The number of fused-ring (bicyclic) bond motifs is 1. The molecule has 1 unspecified atom stereocenters. The summed E-state index contributed by atoms with van der Waals surface area (Å²) in [6.07, 6.45) is 2.90. The van der Waals surface area contributed by atoms with E-state index in [9.17, 15) is 9.90 Å². The molecule has 2 N–H and O–H groups in total. The van der Waals surface area contributed by atoms with E-state index in [2.05, 4.69) is 24.5 Å². The zero-order valence-electron chi connectivity index (χ0n) is 18.9. The zero-order valence-corrected chi connectivity index (χ0v) is 19.6. The number of piperidine rings is 1. The Labute approximate surface area is 196 Å². The molecule has 174 valence electrons. The number of nitrogens with zero attached hydrogens (tertiary/aromatic N) is 1. The number of aliphatic hydroxyl groups is 1. The summed E-state index contributed by atoms with van der Waals surface area (Å²) in [5.74, 6) is 2.19. The number of halogens is 1. The molecule has 1 saturated heterocycles. The molecule has 0 aliphatic carbocycles. The van der Waals surface area contributed by atoms with E-state index >= 15 is 0 Å². The van der Waals surface area contributed by atoms with Crippen molar-refractivity contribution in [1.82, 2.24) is 0 Å². The Morgan fingerprint density at radius 1 is 1.16 bits per heavy atom. The average Bonchev–Trinajstić information content (AvgIpc) is 2.77. The number of benzene rings is 2. The maximum atomic E-state index is 11.6. The molecule has 2 heterocycles. The second-order valence-electron chi connectivity index (χ2n) is 9.10. The van der Waals surface area contributed by atoms with Gasteiger partial charge in [0, 0.05) is 31.0 Å². The number of amides is 1. The van der Waals surface area contributed by atoms with Gasteiger partial charge < -0.3 is 36.8 Å². The first-order valence-corrected chi connectivity index (χ1v) is 11.2.